The highest BCUT2D eigenvalue weighted by Gasteiger charge is 2.43. The molecule has 0 N–H and O–H groups in total. The summed E-state index contributed by atoms with van der Waals surface area (Å²) < 4.78 is 38.2. The lowest BCUT2D eigenvalue weighted by molar-refractivity contribution is -0.185. The molecule has 0 radical (unpaired) electrons. The van der Waals surface area contributed by atoms with Gasteiger partial charge in [0, 0.05) is 27.2 Å². The number of halogens is 3. The molecule has 0 aromatic heterocycles. The number of hydrogen-bond donors (Lipinski definition) is 0. The molecule has 4 nitrogen and oxygen atoms in total. The van der Waals surface area contributed by atoms with Gasteiger partial charge in [0.15, 0.2) is 0 Å². The van der Waals surface area contributed by atoms with Crippen molar-refractivity contribution in [1.29, 1.82) is 0 Å². The number of nitrogens with zero attached hydrogens (tertiary/aromatic N) is 2. The molecule has 0 aliphatic carbocycles. The van der Waals surface area contributed by atoms with E-state index in [9.17, 15) is 22.8 Å². The van der Waals surface area contributed by atoms with Gasteiger partial charge in [0.25, 0.3) is 5.24 Å². The van der Waals surface area contributed by atoms with Gasteiger partial charge in [0.2, 0.25) is 0 Å². The summed E-state index contributed by atoms with van der Waals surface area (Å²) in [5.41, 5.74) is 1.68. The van der Waals surface area contributed by atoms with Crippen molar-refractivity contribution in [2.24, 2.45) is 0 Å². The van der Waals surface area contributed by atoms with Crippen LogP contribution in [0.5, 0.6) is 0 Å². The van der Waals surface area contributed by atoms with E-state index in [0.29, 0.717) is 6.42 Å². The van der Waals surface area contributed by atoms with Crippen LogP contribution in [0.2, 0.25) is 0 Å². The molecule has 2 rings (SSSR count). The summed E-state index contributed by atoms with van der Waals surface area (Å²) in [5.74, 6) is -1.85. The normalized spacial score (nSPS) is 18.1. The van der Waals surface area contributed by atoms with Gasteiger partial charge >= 0.3 is 12.1 Å². The maximum Gasteiger partial charge on any atom is 0.471 e. The van der Waals surface area contributed by atoms with Gasteiger partial charge in [-0.2, -0.15) is 13.2 Å². The Kier molecular flexibility index (Phi) is 5.23. The lowest BCUT2D eigenvalue weighted by Crippen LogP contribution is -2.43. The summed E-state index contributed by atoms with van der Waals surface area (Å²) >= 11 is 0.942. The van der Waals surface area contributed by atoms with Crippen molar-refractivity contribution in [3.05, 3.63) is 35.4 Å². The van der Waals surface area contributed by atoms with Gasteiger partial charge in [-0.25, -0.2) is 0 Å². The van der Waals surface area contributed by atoms with E-state index in [0.717, 1.165) is 27.8 Å². The van der Waals surface area contributed by atoms with Crippen LogP contribution in [0, 0.1) is 0 Å². The van der Waals surface area contributed by atoms with E-state index in [4.69, 9.17) is 0 Å². The lowest BCUT2D eigenvalue weighted by atomic mass is 10.0. The summed E-state index contributed by atoms with van der Waals surface area (Å²) in [4.78, 5) is 25.7. The fourth-order valence-corrected chi connectivity index (χ4v) is 3.48. The molecule has 23 heavy (non-hydrogen) atoms. The van der Waals surface area contributed by atoms with E-state index in [1.807, 2.05) is 6.07 Å². The van der Waals surface area contributed by atoms with Gasteiger partial charge in [-0.1, -0.05) is 36.0 Å². The van der Waals surface area contributed by atoms with Crippen LogP contribution in [-0.2, 0) is 11.2 Å². The second-order valence-corrected chi connectivity index (χ2v) is 6.62. The van der Waals surface area contributed by atoms with Gasteiger partial charge in [0.05, 0.1) is 5.25 Å². The third kappa shape index (κ3) is 4.19. The average molecular weight is 346 g/mol. The first kappa shape index (κ1) is 17.7. The molecule has 2 amide bonds. The number of alkyl halides is 3. The van der Waals surface area contributed by atoms with Gasteiger partial charge in [-0.05, 0) is 17.5 Å². The van der Waals surface area contributed by atoms with Crippen molar-refractivity contribution in [2.45, 2.75) is 17.8 Å². The molecule has 1 atom stereocenters. The van der Waals surface area contributed by atoms with Gasteiger partial charge in [0.1, 0.15) is 0 Å². The minimum Gasteiger partial charge on any atom is -0.340 e. The highest BCUT2D eigenvalue weighted by molar-refractivity contribution is 8.13. The molecular formula is C15H17F3N2O2S. The number of carbonyl (C=O) groups excluding carboxylic acids is 2. The van der Waals surface area contributed by atoms with E-state index in [1.165, 1.54) is 4.90 Å². The molecule has 0 saturated heterocycles. The minimum atomic E-state index is -4.91. The van der Waals surface area contributed by atoms with Crippen LogP contribution in [0.1, 0.15) is 16.4 Å². The number of rotatable bonds is 1. The van der Waals surface area contributed by atoms with Gasteiger partial charge < -0.3 is 9.80 Å². The zero-order chi connectivity index (χ0) is 17.2. The number of amides is 2. The molecular weight excluding hydrogens is 329 g/mol. The van der Waals surface area contributed by atoms with E-state index in [1.54, 1.807) is 32.3 Å². The molecule has 0 bridgehead atoms. The molecule has 126 valence electrons. The largest absolute Gasteiger partial charge is 0.471 e. The Labute approximate surface area is 136 Å². The highest BCUT2D eigenvalue weighted by atomic mass is 32.2. The van der Waals surface area contributed by atoms with E-state index >= 15 is 0 Å². The van der Waals surface area contributed by atoms with E-state index < -0.39 is 17.3 Å². The predicted molar refractivity (Wildman–Crippen MR) is 82.2 cm³/mol. The molecule has 1 aliphatic rings. The fourth-order valence-electron chi connectivity index (χ4n) is 2.41. The monoisotopic (exact) mass is 346 g/mol. The van der Waals surface area contributed by atoms with Crippen molar-refractivity contribution in [3.63, 3.8) is 0 Å². The van der Waals surface area contributed by atoms with E-state index in [-0.39, 0.29) is 18.3 Å². The van der Waals surface area contributed by atoms with Gasteiger partial charge in [-0.3, -0.25) is 9.59 Å². The average Bonchev–Trinajstić information content (AvgIpc) is 2.65. The topological polar surface area (TPSA) is 40.6 Å². The van der Waals surface area contributed by atoms with Crippen LogP contribution in [-0.4, -0.2) is 54.3 Å². The minimum absolute atomic E-state index is 0.0113. The molecule has 0 spiro atoms. The van der Waals surface area contributed by atoms with Crippen molar-refractivity contribution < 1.29 is 22.8 Å². The summed E-state index contributed by atoms with van der Waals surface area (Å²) in [7, 11) is 3.16. The Bertz CT molecular complexity index is 605. The first-order chi connectivity index (χ1) is 10.7. The predicted octanol–water partition coefficient (Wildman–Crippen LogP) is 3.09. The first-order valence-corrected chi connectivity index (χ1v) is 7.90. The summed E-state index contributed by atoms with van der Waals surface area (Å²) in [5, 5.41) is -0.777. The molecule has 1 heterocycles. The lowest BCUT2D eigenvalue weighted by Gasteiger charge is -2.25. The highest BCUT2D eigenvalue weighted by Crippen LogP contribution is 2.36. The molecule has 1 aromatic rings. The number of carbonyl (C=O) groups is 2. The van der Waals surface area contributed by atoms with Crippen LogP contribution in [0.4, 0.5) is 18.0 Å². The molecule has 0 saturated carbocycles. The Balaban J connectivity index is 2.30. The van der Waals surface area contributed by atoms with Crippen LogP contribution >= 0.6 is 11.8 Å². The number of thioether (sulfide) groups is 1. The number of benzene rings is 1. The molecule has 0 fully saturated rings. The maximum absolute atomic E-state index is 12.7. The Hall–Kier alpha value is -1.70. The summed E-state index contributed by atoms with van der Waals surface area (Å²) in [6.07, 6.45) is -4.57. The molecule has 8 heteroatoms. The van der Waals surface area contributed by atoms with Crippen molar-refractivity contribution in [3.8, 4) is 0 Å². The quantitative estimate of drug-likeness (QED) is 0.785. The first-order valence-electron chi connectivity index (χ1n) is 7.02. The Morgan fingerprint density at radius 2 is 1.91 bits per heavy atom. The smallest absolute Gasteiger partial charge is 0.340 e. The third-order valence-corrected chi connectivity index (χ3v) is 4.83. The summed E-state index contributed by atoms with van der Waals surface area (Å²) in [6.45, 7) is -0.151. The van der Waals surface area contributed by atoms with Crippen LogP contribution in [0.25, 0.3) is 0 Å². The van der Waals surface area contributed by atoms with Gasteiger partial charge in [-0.15, -0.1) is 0 Å². The third-order valence-electron chi connectivity index (χ3n) is 3.58. The van der Waals surface area contributed by atoms with Crippen LogP contribution in [0.15, 0.2) is 24.3 Å². The second-order valence-electron chi connectivity index (χ2n) is 5.46. The second kappa shape index (κ2) is 6.82. The fraction of sp³-hybridized carbons (Fsp3) is 0.467. The zero-order valence-corrected chi connectivity index (χ0v) is 13.6. The van der Waals surface area contributed by atoms with E-state index in [2.05, 4.69) is 0 Å². The number of fused-ring (bicyclic) bond motifs is 1. The molecule has 1 aromatic carbocycles. The summed E-state index contributed by atoms with van der Waals surface area (Å²) in [6, 6.07) is 7.21. The maximum atomic E-state index is 12.7. The van der Waals surface area contributed by atoms with Crippen LogP contribution < -0.4 is 0 Å². The molecule has 1 aliphatic heterocycles. The standard InChI is InChI=1S/C15H17F3N2O2S/c1-19(2)14(22)23-12-9-20(13(21)15(16,17)18)8-7-10-5-3-4-6-11(10)12/h3-6,12H,7-9H2,1-2H3. The van der Waals surface area contributed by atoms with Crippen molar-refractivity contribution in [1.82, 2.24) is 9.80 Å². The Morgan fingerprint density at radius 3 is 2.52 bits per heavy atom. The Morgan fingerprint density at radius 1 is 1.26 bits per heavy atom. The van der Waals surface area contributed by atoms with Crippen LogP contribution in [0.3, 0.4) is 0 Å². The number of hydrogen-bond acceptors (Lipinski definition) is 3. The van der Waals surface area contributed by atoms with Crippen molar-refractivity contribution in [2.75, 3.05) is 27.2 Å². The SMILES string of the molecule is CN(C)C(=O)SC1CN(C(=O)C(F)(F)F)CCc2ccccc21. The molecule has 1 unspecified atom stereocenters. The zero-order valence-electron chi connectivity index (χ0n) is 12.8. The van der Waals surface area contributed by atoms with Crippen molar-refractivity contribution >= 4 is 22.9 Å².